The largest absolute Gasteiger partial charge is 0.496 e. The number of anilines is 1. The maximum Gasteiger partial charge on any atom is 0.264 e. The number of hydrogen-bond donors (Lipinski definition) is 1. The first kappa shape index (κ1) is 22.9. The van der Waals surface area contributed by atoms with Gasteiger partial charge in [-0.2, -0.15) is 0 Å². The number of nitrogens with one attached hydrogen (secondary N) is 1. The quantitative estimate of drug-likeness (QED) is 0.565. The van der Waals surface area contributed by atoms with Gasteiger partial charge >= 0.3 is 0 Å². The summed E-state index contributed by atoms with van der Waals surface area (Å²) in [6.45, 7) is 1.62. The van der Waals surface area contributed by atoms with Crippen molar-refractivity contribution in [3.8, 4) is 11.5 Å². The second-order valence-corrected chi connectivity index (χ2v) is 9.84. The molecule has 1 aliphatic heterocycles. The summed E-state index contributed by atoms with van der Waals surface area (Å²) in [6.07, 6.45) is -1.06. The van der Waals surface area contributed by atoms with E-state index in [0.29, 0.717) is 10.8 Å². The molecule has 7 nitrogen and oxygen atoms in total. The van der Waals surface area contributed by atoms with Gasteiger partial charge in [0.1, 0.15) is 11.5 Å². The molecule has 0 aromatic heterocycles. The molecule has 1 aliphatic rings. The molecule has 0 radical (unpaired) electrons. The van der Waals surface area contributed by atoms with E-state index in [-0.39, 0.29) is 28.9 Å². The van der Waals surface area contributed by atoms with Crippen molar-refractivity contribution in [2.24, 2.45) is 0 Å². The number of sulfonamides is 1. The van der Waals surface area contributed by atoms with E-state index in [1.165, 1.54) is 22.5 Å². The Kier molecular flexibility index (Phi) is 6.49. The highest BCUT2D eigenvalue weighted by Crippen LogP contribution is 2.39. The Morgan fingerprint density at radius 2 is 1.82 bits per heavy atom. The van der Waals surface area contributed by atoms with Gasteiger partial charge in [-0.15, -0.1) is 0 Å². The van der Waals surface area contributed by atoms with Crippen molar-refractivity contribution in [3.63, 3.8) is 0 Å². The number of hydrogen-bond acceptors (Lipinski definition) is 5. The van der Waals surface area contributed by atoms with Crippen molar-refractivity contribution in [2.75, 3.05) is 18.0 Å². The Morgan fingerprint density at radius 1 is 1.12 bits per heavy atom. The minimum Gasteiger partial charge on any atom is -0.496 e. The van der Waals surface area contributed by atoms with Crippen LogP contribution in [0.25, 0.3) is 0 Å². The van der Waals surface area contributed by atoms with Crippen LogP contribution in [0.3, 0.4) is 0 Å². The average Bonchev–Trinajstić information content (AvgIpc) is 2.83. The molecule has 0 saturated carbocycles. The maximum absolute atomic E-state index is 13.4. The summed E-state index contributed by atoms with van der Waals surface area (Å²) in [5.41, 5.74) is 1.08. The van der Waals surface area contributed by atoms with E-state index in [1.54, 1.807) is 37.4 Å². The third kappa shape index (κ3) is 4.62. The van der Waals surface area contributed by atoms with Crippen molar-refractivity contribution in [3.05, 3.63) is 83.4 Å². The van der Waals surface area contributed by atoms with Crippen LogP contribution in [0.4, 0.5) is 5.69 Å². The Labute approximate surface area is 197 Å². The minimum atomic E-state index is -3.96. The molecule has 3 aromatic rings. The van der Waals surface area contributed by atoms with Crippen LogP contribution >= 0.6 is 11.6 Å². The summed E-state index contributed by atoms with van der Waals surface area (Å²) in [7, 11) is -2.39. The van der Waals surface area contributed by atoms with Gasteiger partial charge in [-0.05, 0) is 43.3 Å². The molecule has 1 N–H and O–H groups in total. The summed E-state index contributed by atoms with van der Waals surface area (Å²) in [6, 6.07) is 19.7. The number of fused-ring (bicyclic) bond motifs is 1. The monoisotopic (exact) mass is 486 g/mol. The Hall–Kier alpha value is -3.23. The van der Waals surface area contributed by atoms with Gasteiger partial charge in [-0.25, -0.2) is 8.42 Å². The zero-order valence-corrected chi connectivity index (χ0v) is 19.6. The van der Waals surface area contributed by atoms with E-state index in [9.17, 15) is 13.2 Å². The number of ether oxygens (including phenoxy) is 2. The predicted octanol–water partition coefficient (Wildman–Crippen LogP) is 4.18. The first-order chi connectivity index (χ1) is 15.8. The second-order valence-electron chi connectivity index (χ2n) is 7.54. The van der Waals surface area contributed by atoms with Crippen LogP contribution in [0.2, 0.25) is 5.02 Å². The van der Waals surface area contributed by atoms with Gasteiger partial charge < -0.3 is 14.8 Å². The summed E-state index contributed by atoms with van der Waals surface area (Å²) < 4.78 is 39.3. The molecule has 1 amide bonds. The van der Waals surface area contributed by atoms with Crippen molar-refractivity contribution in [2.45, 2.75) is 24.0 Å². The Morgan fingerprint density at radius 3 is 2.55 bits per heavy atom. The van der Waals surface area contributed by atoms with E-state index in [0.717, 1.165) is 5.56 Å². The van der Waals surface area contributed by atoms with Crippen molar-refractivity contribution >= 4 is 33.2 Å². The van der Waals surface area contributed by atoms with Crippen LogP contribution in [0.15, 0.2) is 77.7 Å². The molecule has 0 aliphatic carbocycles. The predicted molar refractivity (Wildman–Crippen MR) is 126 cm³/mol. The van der Waals surface area contributed by atoms with E-state index < -0.39 is 22.0 Å². The molecule has 0 spiro atoms. The number of amides is 1. The fraction of sp³-hybridized carbons (Fsp3) is 0.208. The first-order valence-corrected chi connectivity index (χ1v) is 12.1. The summed E-state index contributed by atoms with van der Waals surface area (Å²) in [5.74, 6) is 0.459. The van der Waals surface area contributed by atoms with Gasteiger partial charge in [0, 0.05) is 10.6 Å². The van der Waals surface area contributed by atoms with Gasteiger partial charge in [0.15, 0.2) is 6.10 Å². The number of methoxy groups -OCH3 is 1. The second kappa shape index (κ2) is 9.33. The molecule has 1 heterocycles. The van der Waals surface area contributed by atoms with Crippen molar-refractivity contribution < 1.29 is 22.7 Å². The Bertz CT molecular complexity index is 1270. The molecule has 0 fully saturated rings. The number of nitrogens with zero attached hydrogens (tertiary/aromatic N) is 1. The molecule has 33 heavy (non-hydrogen) atoms. The van der Waals surface area contributed by atoms with Crippen LogP contribution in [0.5, 0.6) is 11.5 Å². The highest BCUT2D eigenvalue weighted by Gasteiger charge is 2.38. The minimum absolute atomic E-state index is 0.111. The fourth-order valence-electron chi connectivity index (χ4n) is 3.72. The third-order valence-corrected chi connectivity index (χ3v) is 7.41. The number of para-hydroxylation sites is 1. The van der Waals surface area contributed by atoms with Gasteiger partial charge in [0.2, 0.25) is 0 Å². The summed E-state index contributed by atoms with van der Waals surface area (Å²) in [5, 5.41) is 3.26. The third-order valence-electron chi connectivity index (χ3n) is 5.38. The van der Waals surface area contributed by atoms with E-state index in [2.05, 4.69) is 5.32 Å². The van der Waals surface area contributed by atoms with Gasteiger partial charge in [0.25, 0.3) is 15.9 Å². The number of carbonyl (C=O) groups excluding carboxylic acids is 1. The van der Waals surface area contributed by atoms with Crippen molar-refractivity contribution in [1.82, 2.24) is 5.32 Å². The van der Waals surface area contributed by atoms with Crippen LogP contribution in [0.1, 0.15) is 18.5 Å². The Balaban J connectivity index is 1.64. The zero-order chi connectivity index (χ0) is 23.6. The van der Waals surface area contributed by atoms with E-state index in [1.807, 2.05) is 31.2 Å². The lowest BCUT2D eigenvalue weighted by Crippen LogP contribution is -2.51. The smallest absolute Gasteiger partial charge is 0.264 e. The van der Waals surface area contributed by atoms with Crippen LogP contribution in [-0.4, -0.2) is 34.1 Å². The summed E-state index contributed by atoms with van der Waals surface area (Å²) >= 11 is 6.13. The fourth-order valence-corrected chi connectivity index (χ4v) is 5.37. The maximum atomic E-state index is 13.4. The lowest BCUT2D eigenvalue weighted by molar-refractivity contribution is -0.128. The number of halogens is 1. The highest BCUT2D eigenvalue weighted by molar-refractivity contribution is 7.92. The van der Waals surface area contributed by atoms with Gasteiger partial charge in [-0.1, -0.05) is 48.0 Å². The van der Waals surface area contributed by atoms with Crippen LogP contribution in [-0.2, 0) is 14.8 Å². The number of benzene rings is 3. The average molecular weight is 487 g/mol. The van der Waals surface area contributed by atoms with E-state index >= 15 is 0 Å². The molecular formula is C24H23ClN2O5S. The topological polar surface area (TPSA) is 84.9 Å². The number of carbonyl (C=O) groups is 1. The lowest BCUT2D eigenvalue weighted by Gasteiger charge is -2.35. The number of rotatable bonds is 6. The molecule has 0 bridgehead atoms. The van der Waals surface area contributed by atoms with Crippen LogP contribution in [0, 0.1) is 0 Å². The first-order valence-electron chi connectivity index (χ1n) is 10.3. The molecule has 0 saturated heterocycles. The van der Waals surface area contributed by atoms with Gasteiger partial charge in [-0.3, -0.25) is 9.10 Å². The summed E-state index contributed by atoms with van der Waals surface area (Å²) in [4.78, 5) is 13.3. The molecule has 172 valence electrons. The zero-order valence-electron chi connectivity index (χ0n) is 18.1. The van der Waals surface area contributed by atoms with Crippen molar-refractivity contribution in [1.29, 1.82) is 0 Å². The SMILES string of the molecule is COc1ccccc1C(C)NC(=O)C1CN(S(=O)(=O)c2ccccc2)c2cc(Cl)ccc2O1. The van der Waals surface area contributed by atoms with Crippen LogP contribution < -0.4 is 19.1 Å². The molecule has 2 unspecified atom stereocenters. The lowest BCUT2D eigenvalue weighted by atomic mass is 10.1. The van der Waals surface area contributed by atoms with Gasteiger partial charge in [0.05, 0.1) is 30.3 Å². The normalized spacial score (nSPS) is 16.3. The molecule has 2 atom stereocenters. The molecular weight excluding hydrogens is 464 g/mol. The standard InChI is InChI=1S/C24H23ClN2O5S/c1-16(19-10-6-7-11-21(19)31-2)26-24(28)23-15-27(20-14-17(25)12-13-22(20)32-23)33(29,30)18-8-4-3-5-9-18/h3-14,16,23H,15H2,1-2H3,(H,26,28). The molecule has 4 rings (SSSR count). The molecule has 9 heteroatoms. The van der Waals surface area contributed by atoms with E-state index in [4.69, 9.17) is 21.1 Å². The molecule has 3 aromatic carbocycles. The highest BCUT2D eigenvalue weighted by atomic mass is 35.5.